The van der Waals surface area contributed by atoms with E-state index in [1.165, 1.54) is 0 Å². The van der Waals surface area contributed by atoms with Crippen molar-refractivity contribution in [3.63, 3.8) is 0 Å². The second kappa shape index (κ2) is 4.12. The quantitative estimate of drug-likeness (QED) is 0.839. The second-order valence-corrected chi connectivity index (χ2v) is 4.97. The Labute approximate surface area is 105 Å². The number of rotatable bonds is 2. The number of carboxylic acids is 1. The average Bonchev–Trinajstić information content (AvgIpc) is 2.59. The van der Waals surface area contributed by atoms with E-state index in [2.05, 4.69) is 0 Å². The Bertz CT molecular complexity index is 558. The molecule has 0 aliphatic heterocycles. The molecule has 2 rings (SSSR count). The van der Waals surface area contributed by atoms with Crippen LogP contribution in [0.2, 0.25) is 0 Å². The third-order valence-electron chi connectivity index (χ3n) is 3.76. The van der Waals surface area contributed by atoms with Crippen molar-refractivity contribution in [1.29, 1.82) is 0 Å². The Morgan fingerprint density at radius 3 is 2.50 bits per heavy atom. The molecular formula is C14H16O4. The van der Waals surface area contributed by atoms with E-state index in [0.29, 0.717) is 34.2 Å². The molecule has 0 heterocycles. The molecule has 0 saturated carbocycles. The van der Waals surface area contributed by atoms with Crippen molar-refractivity contribution in [1.82, 2.24) is 0 Å². The fraction of sp³-hybridized carbons (Fsp3) is 0.429. The van der Waals surface area contributed by atoms with Crippen molar-refractivity contribution >= 4 is 11.8 Å². The van der Waals surface area contributed by atoms with Gasteiger partial charge in [0.2, 0.25) is 0 Å². The molecule has 1 atom stereocenters. The van der Waals surface area contributed by atoms with Gasteiger partial charge in [-0.3, -0.25) is 9.59 Å². The predicted molar refractivity (Wildman–Crippen MR) is 66.1 cm³/mol. The van der Waals surface area contributed by atoms with Crippen molar-refractivity contribution < 1.29 is 19.8 Å². The largest absolute Gasteiger partial charge is 0.507 e. The molecule has 1 aromatic carbocycles. The van der Waals surface area contributed by atoms with Crippen LogP contribution in [-0.2, 0) is 17.6 Å². The minimum absolute atomic E-state index is 0.00411. The van der Waals surface area contributed by atoms with E-state index < -0.39 is 5.97 Å². The van der Waals surface area contributed by atoms with E-state index in [0.717, 1.165) is 0 Å². The summed E-state index contributed by atoms with van der Waals surface area (Å²) in [5.74, 6) is -1.00. The number of aromatic hydroxyl groups is 1. The highest BCUT2D eigenvalue weighted by Crippen LogP contribution is 2.40. The molecule has 2 N–H and O–H groups in total. The molecule has 0 radical (unpaired) electrons. The lowest BCUT2D eigenvalue weighted by atomic mass is 9.91. The number of carbonyl (C=O) groups is 2. The van der Waals surface area contributed by atoms with Gasteiger partial charge in [0.25, 0.3) is 0 Å². The summed E-state index contributed by atoms with van der Waals surface area (Å²) < 4.78 is 0. The van der Waals surface area contributed by atoms with Crippen molar-refractivity contribution in [2.75, 3.05) is 0 Å². The lowest BCUT2D eigenvalue weighted by molar-refractivity contribution is -0.136. The maximum atomic E-state index is 12.1. The van der Waals surface area contributed by atoms with Crippen LogP contribution < -0.4 is 0 Å². The molecule has 0 saturated heterocycles. The summed E-state index contributed by atoms with van der Waals surface area (Å²) in [5, 5.41) is 19.0. The Kier molecular flexibility index (Phi) is 2.89. The summed E-state index contributed by atoms with van der Waals surface area (Å²) in [7, 11) is 0. The normalized spacial score (nSPS) is 17.9. The number of aliphatic carboxylic acids is 1. The topological polar surface area (TPSA) is 74.6 Å². The van der Waals surface area contributed by atoms with Gasteiger partial charge in [-0.1, -0.05) is 6.92 Å². The molecule has 0 spiro atoms. The first-order valence-corrected chi connectivity index (χ1v) is 5.94. The first kappa shape index (κ1) is 12.6. The Hall–Kier alpha value is -1.84. The van der Waals surface area contributed by atoms with Gasteiger partial charge in [0, 0.05) is 17.0 Å². The number of Topliss-reactive ketones (excluding diaryl/α,β-unsaturated/α-hetero) is 1. The van der Waals surface area contributed by atoms with E-state index in [1.54, 1.807) is 13.8 Å². The predicted octanol–water partition coefficient (Wildman–Crippen LogP) is 2.01. The number of phenols is 1. The first-order chi connectivity index (χ1) is 8.34. The number of fused-ring (bicyclic) bond motifs is 1. The van der Waals surface area contributed by atoms with E-state index in [9.17, 15) is 14.7 Å². The SMILES string of the molecule is Cc1c(O)c2c(c(C)c1CC(=O)O)C(=O)C(C)C2. The monoisotopic (exact) mass is 248 g/mol. The van der Waals surface area contributed by atoms with Gasteiger partial charge in [0.05, 0.1) is 6.42 Å². The van der Waals surface area contributed by atoms with Crippen LogP contribution in [0.1, 0.15) is 39.5 Å². The van der Waals surface area contributed by atoms with Gasteiger partial charge >= 0.3 is 5.97 Å². The first-order valence-electron chi connectivity index (χ1n) is 5.94. The fourth-order valence-electron chi connectivity index (χ4n) is 2.74. The highest BCUT2D eigenvalue weighted by atomic mass is 16.4. The van der Waals surface area contributed by atoms with Crippen LogP contribution in [0.4, 0.5) is 0 Å². The summed E-state index contributed by atoms with van der Waals surface area (Å²) in [4.78, 5) is 22.9. The lowest BCUT2D eigenvalue weighted by Gasteiger charge is -2.15. The van der Waals surface area contributed by atoms with Gasteiger partial charge in [-0.15, -0.1) is 0 Å². The van der Waals surface area contributed by atoms with Gasteiger partial charge in [-0.05, 0) is 37.0 Å². The zero-order valence-electron chi connectivity index (χ0n) is 10.7. The van der Waals surface area contributed by atoms with Crippen LogP contribution in [0.3, 0.4) is 0 Å². The standard InChI is InChI=1S/C14H16O4/c1-6-4-10-12(13(6)17)7(2)9(5-11(15)16)8(3)14(10)18/h6,18H,4-5H2,1-3H3,(H,15,16). The van der Waals surface area contributed by atoms with Crippen LogP contribution in [0.15, 0.2) is 0 Å². The molecule has 4 heteroatoms. The molecule has 0 amide bonds. The van der Waals surface area contributed by atoms with Gasteiger partial charge in [-0.25, -0.2) is 0 Å². The average molecular weight is 248 g/mol. The van der Waals surface area contributed by atoms with Gasteiger partial charge in [0.1, 0.15) is 5.75 Å². The summed E-state index contributed by atoms with van der Waals surface area (Å²) in [6.07, 6.45) is 0.370. The summed E-state index contributed by atoms with van der Waals surface area (Å²) in [6.45, 7) is 5.29. The molecule has 4 nitrogen and oxygen atoms in total. The smallest absolute Gasteiger partial charge is 0.307 e. The van der Waals surface area contributed by atoms with Crippen molar-refractivity contribution in [2.24, 2.45) is 5.92 Å². The van der Waals surface area contributed by atoms with Crippen molar-refractivity contribution in [2.45, 2.75) is 33.6 Å². The molecule has 96 valence electrons. The van der Waals surface area contributed by atoms with Crippen LogP contribution in [-0.4, -0.2) is 22.0 Å². The van der Waals surface area contributed by atoms with E-state index in [-0.39, 0.29) is 23.9 Å². The third-order valence-corrected chi connectivity index (χ3v) is 3.76. The summed E-state index contributed by atoms with van der Waals surface area (Å²) >= 11 is 0. The molecular weight excluding hydrogens is 232 g/mol. The number of carboxylic acid groups (broad SMARTS) is 1. The van der Waals surface area contributed by atoms with Crippen LogP contribution in [0.5, 0.6) is 5.75 Å². The maximum Gasteiger partial charge on any atom is 0.307 e. The number of ketones is 1. The Morgan fingerprint density at radius 1 is 1.33 bits per heavy atom. The minimum atomic E-state index is -0.959. The van der Waals surface area contributed by atoms with Crippen LogP contribution in [0, 0.1) is 19.8 Å². The number of benzene rings is 1. The molecule has 1 unspecified atom stereocenters. The molecule has 0 fully saturated rings. The van der Waals surface area contributed by atoms with Gasteiger partial charge in [-0.2, -0.15) is 0 Å². The van der Waals surface area contributed by atoms with Crippen LogP contribution in [0.25, 0.3) is 0 Å². The highest BCUT2D eigenvalue weighted by molar-refractivity contribution is 6.04. The zero-order chi connectivity index (χ0) is 13.6. The van der Waals surface area contributed by atoms with E-state index in [1.807, 2.05) is 6.92 Å². The minimum Gasteiger partial charge on any atom is -0.507 e. The molecule has 0 bridgehead atoms. The number of phenolic OH excluding ortho intramolecular Hbond substituents is 1. The second-order valence-electron chi connectivity index (χ2n) is 4.97. The summed E-state index contributed by atoms with van der Waals surface area (Å²) in [6, 6.07) is 0. The number of hydrogen-bond donors (Lipinski definition) is 2. The number of carbonyl (C=O) groups excluding carboxylic acids is 1. The molecule has 18 heavy (non-hydrogen) atoms. The summed E-state index contributed by atoms with van der Waals surface area (Å²) in [5.41, 5.74) is 3.05. The molecule has 1 aromatic rings. The van der Waals surface area contributed by atoms with Gasteiger partial charge < -0.3 is 10.2 Å². The lowest BCUT2D eigenvalue weighted by Crippen LogP contribution is -2.10. The molecule has 1 aliphatic carbocycles. The van der Waals surface area contributed by atoms with Crippen LogP contribution >= 0.6 is 0 Å². The van der Waals surface area contributed by atoms with E-state index in [4.69, 9.17) is 5.11 Å². The molecule has 0 aromatic heterocycles. The fourth-order valence-corrected chi connectivity index (χ4v) is 2.74. The Morgan fingerprint density at radius 2 is 1.94 bits per heavy atom. The Balaban J connectivity index is 2.70. The van der Waals surface area contributed by atoms with Gasteiger partial charge in [0.15, 0.2) is 5.78 Å². The molecule has 1 aliphatic rings. The van der Waals surface area contributed by atoms with Crippen molar-refractivity contribution in [3.8, 4) is 5.75 Å². The van der Waals surface area contributed by atoms with Crippen molar-refractivity contribution in [3.05, 3.63) is 27.8 Å². The third kappa shape index (κ3) is 1.68. The zero-order valence-corrected chi connectivity index (χ0v) is 10.7. The maximum absolute atomic E-state index is 12.1. The highest BCUT2D eigenvalue weighted by Gasteiger charge is 2.33. The number of hydrogen-bond acceptors (Lipinski definition) is 3. The van der Waals surface area contributed by atoms with E-state index >= 15 is 0 Å².